The first kappa shape index (κ1) is 12.6. The minimum atomic E-state index is 0.907. The first-order valence-electron chi connectivity index (χ1n) is 6.78. The van der Waals surface area contributed by atoms with Crippen molar-refractivity contribution in [3.05, 3.63) is 30.5 Å². The maximum atomic E-state index is 4.70. The van der Waals surface area contributed by atoms with Crippen molar-refractivity contribution in [3.63, 3.8) is 0 Å². The molecule has 0 atom stereocenters. The van der Waals surface area contributed by atoms with Crippen LogP contribution in [0.3, 0.4) is 0 Å². The molecule has 4 heteroatoms. The van der Waals surface area contributed by atoms with Crippen LogP contribution in [0, 0.1) is 0 Å². The van der Waals surface area contributed by atoms with E-state index in [1.54, 1.807) is 0 Å². The average molecular weight is 273 g/mol. The van der Waals surface area contributed by atoms with Gasteiger partial charge in [0.05, 0.1) is 12.4 Å². The monoisotopic (exact) mass is 273 g/mol. The molecular weight excluding hydrogens is 254 g/mol. The number of H-pyrrole nitrogens is 1. The molecule has 0 amide bonds. The van der Waals surface area contributed by atoms with Gasteiger partial charge in [0.25, 0.3) is 0 Å². The zero-order valence-electron chi connectivity index (χ0n) is 11.2. The van der Waals surface area contributed by atoms with E-state index in [0.29, 0.717) is 0 Å². The Balaban J connectivity index is 1.58. The van der Waals surface area contributed by atoms with Crippen LogP contribution in [-0.2, 0) is 0 Å². The molecule has 3 rings (SSSR count). The van der Waals surface area contributed by atoms with Crippen LogP contribution < -0.4 is 0 Å². The molecule has 1 saturated heterocycles. The van der Waals surface area contributed by atoms with Gasteiger partial charge in [0, 0.05) is 47.8 Å². The normalized spacial score (nSPS) is 17.7. The molecule has 2 aromatic rings. The summed E-state index contributed by atoms with van der Waals surface area (Å²) < 4.78 is 0. The molecule has 0 saturated carbocycles. The fourth-order valence-corrected chi connectivity index (χ4v) is 3.37. The lowest BCUT2D eigenvalue weighted by molar-refractivity contribution is 0.548. The van der Waals surface area contributed by atoms with Crippen LogP contribution in [0.1, 0.15) is 12.8 Å². The Hall–Kier alpha value is -1.42. The topological polar surface area (TPSA) is 31.4 Å². The van der Waals surface area contributed by atoms with Crippen molar-refractivity contribution < 1.29 is 0 Å². The molecule has 1 aliphatic rings. The number of nitrogens with zero attached hydrogens (tertiary/aromatic N) is 2. The summed E-state index contributed by atoms with van der Waals surface area (Å²) in [7, 11) is 2.14. The number of rotatable bonds is 4. The van der Waals surface area contributed by atoms with Gasteiger partial charge in [-0.15, -0.1) is 11.8 Å². The molecule has 3 nitrogen and oxygen atoms in total. The molecule has 2 heterocycles. The first-order valence-corrected chi connectivity index (χ1v) is 7.76. The third-order valence-electron chi connectivity index (χ3n) is 3.53. The van der Waals surface area contributed by atoms with Crippen LogP contribution in [0.5, 0.6) is 0 Å². The number of aromatic amines is 1. The van der Waals surface area contributed by atoms with Crippen LogP contribution in [-0.4, -0.2) is 41.6 Å². The van der Waals surface area contributed by atoms with E-state index in [0.717, 1.165) is 25.3 Å². The number of likely N-dealkylation sites (tertiary alicyclic amines) is 1. The van der Waals surface area contributed by atoms with Gasteiger partial charge in [-0.3, -0.25) is 4.99 Å². The molecule has 0 unspecified atom stereocenters. The quantitative estimate of drug-likeness (QED) is 0.684. The van der Waals surface area contributed by atoms with Crippen molar-refractivity contribution in [1.29, 1.82) is 0 Å². The largest absolute Gasteiger partial charge is 0.363 e. The van der Waals surface area contributed by atoms with Gasteiger partial charge in [0.15, 0.2) is 0 Å². The molecule has 1 aliphatic heterocycles. The first-order chi connectivity index (χ1) is 9.34. The van der Waals surface area contributed by atoms with Gasteiger partial charge < -0.3 is 9.88 Å². The third-order valence-corrected chi connectivity index (χ3v) is 4.56. The van der Waals surface area contributed by atoms with Gasteiger partial charge in [-0.1, -0.05) is 18.2 Å². The van der Waals surface area contributed by atoms with Crippen molar-refractivity contribution in [2.24, 2.45) is 4.99 Å². The molecule has 1 aromatic carbocycles. The van der Waals surface area contributed by atoms with Crippen LogP contribution in [0.15, 0.2) is 40.4 Å². The minimum absolute atomic E-state index is 0.907. The second-order valence-electron chi connectivity index (χ2n) is 4.87. The fourth-order valence-electron chi connectivity index (χ4n) is 2.49. The van der Waals surface area contributed by atoms with E-state index in [-0.39, 0.29) is 0 Å². The summed E-state index contributed by atoms with van der Waals surface area (Å²) in [6.07, 6.45) is 4.50. The number of aromatic nitrogens is 1. The van der Waals surface area contributed by atoms with Gasteiger partial charge in [-0.05, 0) is 12.5 Å². The number of aliphatic imine (C=N–C) groups is 1. The van der Waals surface area contributed by atoms with Crippen LogP contribution in [0.4, 0.5) is 0 Å². The Morgan fingerprint density at radius 1 is 1.37 bits per heavy atom. The summed E-state index contributed by atoms with van der Waals surface area (Å²) in [6, 6.07) is 8.45. The van der Waals surface area contributed by atoms with Crippen molar-refractivity contribution in [3.8, 4) is 0 Å². The van der Waals surface area contributed by atoms with Gasteiger partial charge >= 0.3 is 0 Å². The number of para-hydroxylation sites is 1. The van der Waals surface area contributed by atoms with E-state index in [9.17, 15) is 0 Å². The van der Waals surface area contributed by atoms with Crippen molar-refractivity contribution in [1.82, 2.24) is 9.88 Å². The highest BCUT2D eigenvalue weighted by Crippen LogP contribution is 2.27. The van der Waals surface area contributed by atoms with Gasteiger partial charge in [-0.2, -0.15) is 0 Å². The van der Waals surface area contributed by atoms with Gasteiger partial charge in [0.2, 0.25) is 0 Å². The highest BCUT2D eigenvalue weighted by Gasteiger charge is 2.13. The number of hydrogen-bond donors (Lipinski definition) is 1. The molecule has 1 aromatic heterocycles. The molecular formula is C15H19N3S. The molecule has 0 aliphatic carbocycles. The lowest BCUT2D eigenvalue weighted by Crippen LogP contribution is -2.19. The Morgan fingerprint density at radius 2 is 2.26 bits per heavy atom. The number of hydrogen-bond acceptors (Lipinski definition) is 2. The molecule has 0 bridgehead atoms. The van der Waals surface area contributed by atoms with Gasteiger partial charge in [0.1, 0.15) is 0 Å². The third kappa shape index (κ3) is 2.78. The maximum absolute atomic E-state index is 4.70. The lowest BCUT2D eigenvalue weighted by Gasteiger charge is -2.10. The van der Waals surface area contributed by atoms with Crippen molar-refractivity contribution >= 4 is 28.5 Å². The van der Waals surface area contributed by atoms with E-state index >= 15 is 0 Å². The zero-order valence-corrected chi connectivity index (χ0v) is 12.0. The fraction of sp³-hybridized carbons (Fsp3) is 0.400. The Morgan fingerprint density at radius 3 is 3.11 bits per heavy atom. The summed E-state index contributed by atoms with van der Waals surface area (Å²) in [5.41, 5.74) is 1.21. The average Bonchev–Trinajstić information content (AvgIpc) is 3.02. The van der Waals surface area contributed by atoms with E-state index in [2.05, 4.69) is 47.4 Å². The summed E-state index contributed by atoms with van der Waals surface area (Å²) in [4.78, 5) is 11.6. The van der Waals surface area contributed by atoms with Crippen LogP contribution >= 0.6 is 11.8 Å². The summed E-state index contributed by atoms with van der Waals surface area (Å²) in [5, 5.41) is 1.32. The molecule has 0 radical (unpaired) electrons. The summed E-state index contributed by atoms with van der Waals surface area (Å²) in [6.45, 7) is 2.07. The van der Waals surface area contributed by atoms with Crippen LogP contribution in [0.25, 0.3) is 10.9 Å². The molecule has 1 fully saturated rings. The standard InChI is InChI=1S/C15H19N3S/c1-18-9-4-7-15(18)16-8-10-19-14-11-17-13-6-3-2-5-12(13)14/h2-3,5-6,11,17H,4,7-10H2,1H3. The Bertz CT molecular complexity index is 588. The van der Waals surface area contributed by atoms with E-state index in [1.807, 2.05) is 11.8 Å². The Labute approximate surface area is 118 Å². The molecule has 1 N–H and O–H groups in total. The predicted octanol–water partition coefficient (Wildman–Crippen LogP) is 3.38. The number of benzene rings is 1. The van der Waals surface area contributed by atoms with E-state index in [1.165, 1.54) is 28.1 Å². The van der Waals surface area contributed by atoms with Crippen molar-refractivity contribution in [2.75, 3.05) is 25.9 Å². The SMILES string of the molecule is CN1CCCC1=NCCSc1c[nH]c2ccccc12. The smallest absolute Gasteiger partial charge is 0.0987 e. The zero-order chi connectivity index (χ0) is 13.1. The van der Waals surface area contributed by atoms with Crippen LogP contribution in [0.2, 0.25) is 0 Å². The predicted molar refractivity (Wildman–Crippen MR) is 83.2 cm³/mol. The van der Waals surface area contributed by atoms with Gasteiger partial charge in [-0.25, -0.2) is 0 Å². The molecule has 19 heavy (non-hydrogen) atoms. The highest BCUT2D eigenvalue weighted by molar-refractivity contribution is 7.99. The minimum Gasteiger partial charge on any atom is -0.363 e. The van der Waals surface area contributed by atoms with Crippen molar-refractivity contribution in [2.45, 2.75) is 17.7 Å². The highest BCUT2D eigenvalue weighted by atomic mass is 32.2. The van der Waals surface area contributed by atoms with E-state index in [4.69, 9.17) is 4.99 Å². The Kier molecular flexibility index (Phi) is 3.78. The maximum Gasteiger partial charge on any atom is 0.0987 e. The molecule has 0 spiro atoms. The number of thioether (sulfide) groups is 1. The summed E-state index contributed by atoms with van der Waals surface area (Å²) >= 11 is 1.88. The summed E-state index contributed by atoms with van der Waals surface area (Å²) in [5.74, 6) is 2.32. The second kappa shape index (κ2) is 5.70. The number of fused-ring (bicyclic) bond motifs is 1. The lowest BCUT2D eigenvalue weighted by atomic mass is 10.2. The van der Waals surface area contributed by atoms with E-state index < -0.39 is 0 Å². The number of nitrogens with one attached hydrogen (secondary N) is 1. The number of amidine groups is 1. The molecule has 100 valence electrons. The second-order valence-corrected chi connectivity index (χ2v) is 6.01.